The molecule has 4 nitrogen and oxygen atoms in total. The van der Waals surface area contributed by atoms with Gasteiger partial charge >= 0.3 is 0 Å². The molecule has 0 saturated carbocycles. The van der Waals surface area contributed by atoms with Crippen molar-refractivity contribution < 1.29 is 0 Å². The molecular weight excluding hydrogens is 236 g/mol. The maximum absolute atomic E-state index is 8.76. The summed E-state index contributed by atoms with van der Waals surface area (Å²) in [4.78, 5) is 4.24. The molecule has 19 heavy (non-hydrogen) atoms. The van der Waals surface area contributed by atoms with Crippen molar-refractivity contribution in [2.24, 2.45) is 0 Å². The molecule has 1 aromatic heterocycles. The number of nitrogens with zero attached hydrogens (tertiary/aromatic N) is 2. The van der Waals surface area contributed by atoms with Gasteiger partial charge in [0, 0.05) is 18.4 Å². The van der Waals surface area contributed by atoms with Gasteiger partial charge in [-0.15, -0.1) is 0 Å². The van der Waals surface area contributed by atoms with E-state index in [1.165, 1.54) is 11.1 Å². The quantitative estimate of drug-likeness (QED) is 0.858. The zero-order chi connectivity index (χ0) is 13.1. The largest absolute Gasteiger partial charge is 0.340 e. The van der Waals surface area contributed by atoms with Gasteiger partial charge in [-0.05, 0) is 42.3 Å². The molecule has 1 aliphatic rings. The van der Waals surface area contributed by atoms with E-state index in [-0.39, 0.29) is 0 Å². The van der Waals surface area contributed by atoms with E-state index in [4.69, 9.17) is 5.26 Å². The Kier molecular flexibility index (Phi) is 3.13. The Morgan fingerprint density at radius 2 is 2.21 bits per heavy atom. The lowest BCUT2D eigenvalue weighted by Gasteiger charge is -2.20. The number of pyridine rings is 1. The van der Waals surface area contributed by atoms with Gasteiger partial charge in [-0.1, -0.05) is 12.1 Å². The van der Waals surface area contributed by atoms with Crippen molar-refractivity contribution in [2.75, 3.05) is 11.9 Å². The zero-order valence-electron chi connectivity index (χ0n) is 10.5. The van der Waals surface area contributed by atoms with Crippen molar-refractivity contribution in [1.82, 2.24) is 10.3 Å². The molecule has 2 heterocycles. The third-order valence-corrected chi connectivity index (χ3v) is 3.30. The fraction of sp³-hybridized carbons (Fsp3) is 0.200. The number of nitrogens with one attached hydrogen (secondary N) is 2. The molecular formula is C15H14N4. The van der Waals surface area contributed by atoms with Crippen LogP contribution < -0.4 is 10.6 Å². The Morgan fingerprint density at radius 1 is 1.26 bits per heavy atom. The predicted octanol–water partition coefficient (Wildman–Crippen LogP) is 2.34. The standard InChI is InChI=1S/C15H14N4/c16-8-11-4-5-15(18-9-11)19-14-3-1-2-12-10-17-7-6-13(12)14/h1-5,9,17H,6-7,10H2,(H,18,19). The first-order valence-corrected chi connectivity index (χ1v) is 6.31. The first-order chi connectivity index (χ1) is 9.36. The molecule has 0 saturated heterocycles. The molecule has 2 aromatic rings. The fourth-order valence-electron chi connectivity index (χ4n) is 2.32. The van der Waals surface area contributed by atoms with Gasteiger partial charge in [0.15, 0.2) is 0 Å². The molecule has 0 fully saturated rings. The highest BCUT2D eigenvalue weighted by atomic mass is 15.0. The lowest BCUT2D eigenvalue weighted by atomic mass is 9.99. The van der Waals surface area contributed by atoms with Crippen molar-refractivity contribution >= 4 is 11.5 Å². The van der Waals surface area contributed by atoms with Crippen molar-refractivity contribution in [1.29, 1.82) is 5.26 Å². The highest BCUT2D eigenvalue weighted by Crippen LogP contribution is 2.25. The highest BCUT2D eigenvalue weighted by molar-refractivity contribution is 5.63. The van der Waals surface area contributed by atoms with Gasteiger partial charge in [0.2, 0.25) is 0 Å². The van der Waals surface area contributed by atoms with Crippen LogP contribution in [0.5, 0.6) is 0 Å². The number of hydrogen-bond donors (Lipinski definition) is 2. The predicted molar refractivity (Wildman–Crippen MR) is 74.1 cm³/mol. The number of hydrogen-bond acceptors (Lipinski definition) is 4. The lowest BCUT2D eigenvalue weighted by molar-refractivity contribution is 0.645. The summed E-state index contributed by atoms with van der Waals surface area (Å²) in [6.07, 6.45) is 2.61. The van der Waals surface area contributed by atoms with Crippen LogP contribution in [0.2, 0.25) is 0 Å². The monoisotopic (exact) mass is 250 g/mol. The second kappa shape index (κ2) is 5.09. The number of anilines is 2. The van der Waals surface area contributed by atoms with Crippen LogP contribution in [0.1, 0.15) is 16.7 Å². The van der Waals surface area contributed by atoms with Gasteiger partial charge in [-0.3, -0.25) is 0 Å². The Balaban J connectivity index is 1.88. The van der Waals surface area contributed by atoms with Gasteiger partial charge < -0.3 is 10.6 Å². The van der Waals surface area contributed by atoms with E-state index >= 15 is 0 Å². The van der Waals surface area contributed by atoms with E-state index in [0.29, 0.717) is 5.56 Å². The van der Waals surface area contributed by atoms with Crippen LogP contribution >= 0.6 is 0 Å². The minimum atomic E-state index is 0.574. The second-order valence-corrected chi connectivity index (χ2v) is 4.54. The first kappa shape index (κ1) is 11.7. The van der Waals surface area contributed by atoms with Crippen molar-refractivity contribution in [3.05, 3.63) is 53.2 Å². The van der Waals surface area contributed by atoms with Gasteiger partial charge in [0.25, 0.3) is 0 Å². The van der Waals surface area contributed by atoms with Crippen LogP contribution in [-0.4, -0.2) is 11.5 Å². The van der Waals surface area contributed by atoms with E-state index in [0.717, 1.165) is 31.0 Å². The normalized spacial score (nSPS) is 13.4. The summed E-state index contributed by atoms with van der Waals surface area (Å²) in [7, 11) is 0. The molecule has 1 aliphatic heterocycles. The molecule has 0 bridgehead atoms. The number of benzene rings is 1. The van der Waals surface area contributed by atoms with Crippen LogP contribution in [0.4, 0.5) is 11.5 Å². The highest BCUT2D eigenvalue weighted by Gasteiger charge is 2.12. The molecule has 2 N–H and O–H groups in total. The van der Waals surface area contributed by atoms with Gasteiger partial charge in [-0.25, -0.2) is 4.98 Å². The molecule has 0 spiro atoms. The molecule has 0 aliphatic carbocycles. The summed E-state index contributed by atoms with van der Waals surface area (Å²) in [6.45, 7) is 1.93. The maximum atomic E-state index is 8.76. The first-order valence-electron chi connectivity index (χ1n) is 6.31. The van der Waals surface area contributed by atoms with Crippen LogP contribution in [-0.2, 0) is 13.0 Å². The summed E-state index contributed by atoms with van der Waals surface area (Å²) >= 11 is 0. The number of fused-ring (bicyclic) bond motifs is 1. The second-order valence-electron chi connectivity index (χ2n) is 4.54. The molecule has 4 heteroatoms. The van der Waals surface area contributed by atoms with Gasteiger partial charge in [-0.2, -0.15) is 5.26 Å². The molecule has 1 aromatic carbocycles. The maximum Gasteiger partial charge on any atom is 0.130 e. The third kappa shape index (κ3) is 2.42. The number of nitriles is 1. The number of rotatable bonds is 2. The Bertz CT molecular complexity index is 626. The van der Waals surface area contributed by atoms with Crippen molar-refractivity contribution in [2.45, 2.75) is 13.0 Å². The lowest BCUT2D eigenvalue weighted by Crippen LogP contribution is -2.24. The van der Waals surface area contributed by atoms with Crippen LogP contribution in [0.3, 0.4) is 0 Å². The third-order valence-electron chi connectivity index (χ3n) is 3.30. The number of aromatic nitrogens is 1. The average molecular weight is 250 g/mol. The van der Waals surface area contributed by atoms with Crippen molar-refractivity contribution in [3.63, 3.8) is 0 Å². The molecule has 0 amide bonds. The Hall–Kier alpha value is -2.38. The Morgan fingerprint density at radius 3 is 3.00 bits per heavy atom. The topological polar surface area (TPSA) is 60.7 Å². The van der Waals surface area contributed by atoms with Gasteiger partial charge in [0.1, 0.15) is 11.9 Å². The van der Waals surface area contributed by atoms with E-state index < -0.39 is 0 Å². The summed E-state index contributed by atoms with van der Waals surface area (Å²) in [5, 5.41) is 15.5. The summed E-state index contributed by atoms with van der Waals surface area (Å²) in [6, 6.07) is 12.0. The SMILES string of the molecule is N#Cc1ccc(Nc2cccc3c2CCNC3)nc1. The molecule has 0 unspecified atom stereocenters. The average Bonchev–Trinajstić information content (AvgIpc) is 2.48. The van der Waals surface area contributed by atoms with Crippen LogP contribution in [0.25, 0.3) is 0 Å². The van der Waals surface area contributed by atoms with E-state index in [2.05, 4.69) is 39.9 Å². The Labute approximate surface area is 112 Å². The van der Waals surface area contributed by atoms with Gasteiger partial charge in [0.05, 0.1) is 5.56 Å². The summed E-state index contributed by atoms with van der Waals surface area (Å²) in [5.74, 6) is 0.769. The van der Waals surface area contributed by atoms with Crippen LogP contribution in [0.15, 0.2) is 36.5 Å². The fourth-order valence-corrected chi connectivity index (χ4v) is 2.32. The summed E-state index contributed by atoms with van der Waals surface area (Å²) in [5.41, 5.74) is 4.37. The molecule has 0 atom stereocenters. The van der Waals surface area contributed by atoms with E-state index in [1.54, 1.807) is 12.3 Å². The molecule has 0 radical (unpaired) electrons. The van der Waals surface area contributed by atoms with E-state index in [1.807, 2.05) is 6.07 Å². The van der Waals surface area contributed by atoms with Crippen LogP contribution in [0, 0.1) is 11.3 Å². The molecule has 94 valence electrons. The smallest absolute Gasteiger partial charge is 0.130 e. The summed E-state index contributed by atoms with van der Waals surface area (Å²) < 4.78 is 0. The minimum absolute atomic E-state index is 0.574. The zero-order valence-corrected chi connectivity index (χ0v) is 10.5. The minimum Gasteiger partial charge on any atom is -0.340 e. The molecule has 3 rings (SSSR count). The van der Waals surface area contributed by atoms with Crippen molar-refractivity contribution in [3.8, 4) is 6.07 Å². The van der Waals surface area contributed by atoms with E-state index in [9.17, 15) is 0 Å².